The maximum Gasteiger partial charge on any atom is 0.175 e. The van der Waals surface area contributed by atoms with Gasteiger partial charge in [0.15, 0.2) is 9.84 Å². The minimum Gasteiger partial charge on any atom is -0.385 e. The average molecular weight is 342 g/mol. The minimum absolute atomic E-state index is 0.303. The van der Waals surface area contributed by atoms with Gasteiger partial charge in [-0.3, -0.25) is 0 Å². The van der Waals surface area contributed by atoms with Crippen molar-refractivity contribution in [2.45, 2.75) is 31.3 Å². The molecular formula is C20H22O3S. The van der Waals surface area contributed by atoms with Crippen molar-refractivity contribution in [2.24, 2.45) is 5.41 Å². The molecule has 0 spiro atoms. The van der Waals surface area contributed by atoms with Crippen LogP contribution in [0, 0.1) is 5.41 Å². The lowest BCUT2D eigenvalue weighted by Gasteiger charge is -2.54. The van der Waals surface area contributed by atoms with E-state index in [-0.39, 0.29) is 0 Å². The number of aliphatic hydroxyl groups is 1. The Morgan fingerprint density at radius 3 is 1.79 bits per heavy atom. The first-order valence-corrected chi connectivity index (χ1v) is 9.79. The van der Waals surface area contributed by atoms with Gasteiger partial charge in [-0.15, -0.1) is 0 Å². The molecule has 0 aliphatic heterocycles. The number of rotatable bonds is 3. The van der Waals surface area contributed by atoms with Gasteiger partial charge in [0, 0.05) is 11.7 Å². The summed E-state index contributed by atoms with van der Waals surface area (Å²) in [6.07, 6.45) is 1.20. The van der Waals surface area contributed by atoms with Gasteiger partial charge in [-0.25, -0.2) is 8.42 Å². The first-order chi connectivity index (χ1) is 11.1. The van der Waals surface area contributed by atoms with Crippen LogP contribution in [0.2, 0.25) is 0 Å². The second-order valence-electron chi connectivity index (χ2n) is 7.11. The van der Waals surface area contributed by atoms with E-state index < -0.39 is 20.9 Å². The maximum atomic E-state index is 11.7. The highest BCUT2D eigenvalue weighted by atomic mass is 32.2. The molecule has 3 nitrogen and oxygen atoms in total. The zero-order valence-electron chi connectivity index (χ0n) is 14.4. The highest BCUT2D eigenvalue weighted by molar-refractivity contribution is 7.90. The van der Waals surface area contributed by atoms with Crippen LogP contribution in [-0.4, -0.2) is 25.4 Å². The Balaban J connectivity index is 2.19. The van der Waals surface area contributed by atoms with Gasteiger partial charge in [-0.1, -0.05) is 56.3 Å². The molecule has 2 aromatic carbocycles. The van der Waals surface area contributed by atoms with Crippen LogP contribution in [-0.2, 0) is 9.84 Å². The van der Waals surface area contributed by atoms with Crippen LogP contribution in [0.4, 0.5) is 0 Å². The van der Waals surface area contributed by atoms with Crippen LogP contribution in [0.5, 0.6) is 0 Å². The Bertz CT molecular complexity index is 903. The molecular weight excluding hydrogens is 320 g/mol. The number of sulfone groups is 1. The van der Waals surface area contributed by atoms with Crippen molar-refractivity contribution in [3.8, 4) is 0 Å². The molecule has 0 amide bonds. The summed E-state index contributed by atoms with van der Waals surface area (Å²) in [5, 5.41) is 11.0. The fourth-order valence-corrected chi connectivity index (χ4v) is 4.08. The van der Waals surface area contributed by atoms with E-state index >= 15 is 0 Å². The molecule has 1 N–H and O–H groups in total. The third kappa shape index (κ3) is 2.41. The lowest BCUT2D eigenvalue weighted by atomic mass is 9.52. The van der Waals surface area contributed by atoms with E-state index in [0.717, 1.165) is 22.3 Å². The topological polar surface area (TPSA) is 54.4 Å². The van der Waals surface area contributed by atoms with Crippen molar-refractivity contribution in [1.82, 2.24) is 0 Å². The molecule has 1 unspecified atom stereocenters. The molecule has 0 saturated heterocycles. The van der Waals surface area contributed by atoms with Crippen LogP contribution in [0.1, 0.15) is 31.9 Å². The Morgan fingerprint density at radius 2 is 1.29 bits per heavy atom. The molecule has 0 aromatic heterocycles. The molecule has 0 bridgehead atoms. The number of benzene rings is 2. The van der Waals surface area contributed by atoms with E-state index in [9.17, 15) is 13.5 Å². The Morgan fingerprint density at radius 1 is 0.792 bits per heavy atom. The van der Waals surface area contributed by atoms with Gasteiger partial charge in [0.1, 0.15) is 0 Å². The van der Waals surface area contributed by atoms with Gasteiger partial charge in [-0.2, -0.15) is 0 Å². The van der Waals surface area contributed by atoms with E-state index in [4.69, 9.17) is 0 Å². The predicted molar refractivity (Wildman–Crippen MR) is 97.2 cm³/mol. The summed E-state index contributed by atoms with van der Waals surface area (Å²) in [7, 11) is -3.22. The first-order valence-electron chi connectivity index (χ1n) is 7.90. The predicted octanol–water partition coefficient (Wildman–Crippen LogP) is 3.79. The lowest BCUT2D eigenvalue weighted by Crippen LogP contribution is -2.52. The number of hydrogen-bond acceptors (Lipinski definition) is 3. The van der Waals surface area contributed by atoms with Crippen LogP contribution in [0.25, 0.3) is 11.1 Å². The highest BCUT2D eigenvalue weighted by Crippen LogP contribution is 2.61. The summed E-state index contributed by atoms with van der Waals surface area (Å²) in [5.41, 5.74) is 2.52. The minimum atomic E-state index is -3.22. The average Bonchev–Trinajstić information content (AvgIpc) is 2.52. The largest absolute Gasteiger partial charge is 0.385 e. The SMILES string of the molecule is CC1(C)C(c2ccc(S(C)(=O)=O)cc2)=C(c2ccccc2)C1(C)O. The highest BCUT2D eigenvalue weighted by Gasteiger charge is 2.56. The van der Waals surface area contributed by atoms with Crippen molar-refractivity contribution < 1.29 is 13.5 Å². The van der Waals surface area contributed by atoms with Gasteiger partial charge in [-0.05, 0) is 41.3 Å². The molecule has 24 heavy (non-hydrogen) atoms. The lowest BCUT2D eigenvalue weighted by molar-refractivity contribution is 0.0183. The van der Waals surface area contributed by atoms with E-state index in [2.05, 4.69) is 0 Å². The molecule has 0 heterocycles. The van der Waals surface area contributed by atoms with E-state index in [0.29, 0.717) is 4.90 Å². The van der Waals surface area contributed by atoms with E-state index in [1.54, 1.807) is 12.1 Å². The summed E-state index contributed by atoms with van der Waals surface area (Å²) in [4.78, 5) is 0.303. The van der Waals surface area contributed by atoms with Gasteiger partial charge in [0.25, 0.3) is 0 Å². The zero-order chi connectivity index (χ0) is 17.8. The fraction of sp³-hybridized carbons (Fsp3) is 0.300. The first kappa shape index (κ1) is 16.9. The summed E-state index contributed by atoms with van der Waals surface area (Å²) in [6, 6.07) is 16.7. The molecule has 1 atom stereocenters. The maximum absolute atomic E-state index is 11.7. The molecule has 0 saturated carbocycles. The summed E-state index contributed by atoms with van der Waals surface area (Å²) in [6.45, 7) is 5.86. The molecule has 3 rings (SSSR count). The Hall–Kier alpha value is -1.91. The molecule has 4 heteroatoms. The molecule has 0 fully saturated rings. The molecule has 0 radical (unpaired) electrons. The van der Waals surface area contributed by atoms with Crippen LogP contribution in [0.15, 0.2) is 59.5 Å². The molecule has 1 aliphatic rings. The standard InChI is InChI=1S/C20H22O3S/c1-19(2)17(15-10-12-16(13-11-15)24(4,22)23)18(20(19,3)21)14-8-6-5-7-9-14/h5-13,21H,1-4H3. The summed E-state index contributed by atoms with van der Waals surface area (Å²) >= 11 is 0. The van der Waals surface area contributed by atoms with Crippen molar-refractivity contribution in [1.29, 1.82) is 0 Å². The Labute approximate surface area is 143 Å². The Kier molecular flexibility index (Phi) is 3.74. The van der Waals surface area contributed by atoms with Crippen molar-refractivity contribution in [2.75, 3.05) is 6.26 Å². The smallest absolute Gasteiger partial charge is 0.175 e. The van der Waals surface area contributed by atoms with Crippen molar-refractivity contribution in [3.05, 3.63) is 65.7 Å². The van der Waals surface area contributed by atoms with Crippen LogP contribution >= 0.6 is 0 Å². The quantitative estimate of drug-likeness (QED) is 0.923. The van der Waals surface area contributed by atoms with Gasteiger partial charge in [0.05, 0.1) is 10.5 Å². The number of hydrogen-bond donors (Lipinski definition) is 1. The summed E-state index contributed by atoms with van der Waals surface area (Å²) < 4.78 is 23.3. The zero-order valence-corrected chi connectivity index (χ0v) is 15.2. The third-order valence-electron chi connectivity index (χ3n) is 5.21. The molecule has 2 aromatic rings. The van der Waals surface area contributed by atoms with Gasteiger partial charge >= 0.3 is 0 Å². The second-order valence-corrected chi connectivity index (χ2v) is 9.13. The van der Waals surface area contributed by atoms with Crippen LogP contribution < -0.4 is 0 Å². The third-order valence-corrected chi connectivity index (χ3v) is 6.34. The van der Waals surface area contributed by atoms with E-state index in [1.165, 1.54) is 6.26 Å². The van der Waals surface area contributed by atoms with Gasteiger partial charge < -0.3 is 5.11 Å². The monoisotopic (exact) mass is 342 g/mol. The fourth-order valence-electron chi connectivity index (χ4n) is 3.45. The summed E-state index contributed by atoms with van der Waals surface area (Å²) in [5.74, 6) is 0. The van der Waals surface area contributed by atoms with Crippen molar-refractivity contribution >= 4 is 21.0 Å². The molecule has 1 aliphatic carbocycles. The normalized spacial score (nSPS) is 23.0. The second kappa shape index (κ2) is 5.30. The van der Waals surface area contributed by atoms with Crippen molar-refractivity contribution in [3.63, 3.8) is 0 Å². The van der Waals surface area contributed by atoms with Gasteiger partial charge in [0.2, 0.25) is 0 Å². The van der Waals surface area contributed by atoms with Crippen LogP contribution in [0.3, 0.4) is 0 Å². The van der Waals surface area contributed by atoms with E-state index in [1.807, 2.05) is 63.2 Å². The molecule has 126 valence electrons.